The van der Waals surface area contributed by atoms with Gasteiger partial charge in [-0.15, -0.1) is 0 Å². The molecule has 0 bridgehead atoms. The van der Waals surface area contributed by atoms with Crippen LogP contribution in [-0.4, -0.2) is 0 Å². The fraction of sp³-hybridized carbons (Fsp3) is 0.0462. The molecule has 2 aromatic heterocycles. The molecule has 0 saturated carbocycles. The van der Waals surface area contributed by atoms with Crippen molar-refractivity contribution in [2.24, 2.45) is 0 Å². The summed E-state index contributed by atoms with van der Waals surface area (Å²) in [5.41, 5.74) is 14.3. The summed E-state index contributed by atoms with van der Waals surface area (Å²) in [5, 5.41) is 8.09. The number of benzene rings is 11. The molecule has 6 heteroatoms. The third kappa shape index (κ3) is 6.14. The van der Waals surface area contributed by atoms with E-state index in [-0.39, 0.29) is 17.2 Å². The standard InChI is InChI=1S/C65H42F2N2O2/c1-65(2)54-38-40-15-9-10-20-47(40)60(69(44-18-7-4-8-19-44)57-28-14-25-52-50-23-12-26-55(67)62(50)71-64(52)57)58(54)53-35-31-41-37-45(34-36-46(41)59(53)65)68(43-16-5-3-6-17-43)56-27-13-24-51-49-22-11-21-48(61(49)70-63(51)56)39-29-32-42(66)33-30-39/h3-38H,1-2H3. The molecule has 14 rings (SSSR count). The van der Waals surface area contributed by atoms with Crippen LogP contribution in [-0.2, 0) is 5.41 Å². The zero-order valence-corrected chi connectivity index (χ0v) is 38.8. The molecule has 1 aliphatic carbocycles. The largest absolute Gasteiger partial charge is 0.453 e. The lowest BCUT2D eigenvalue weighted by atomic mass is 9.79. The Bertz CT molecular complexity index is 4290. The first-order chi connectivity index (χ1) is 34.8. The van der Waals surface area contributed by atoms with Gasteiger partial charge in [-0.25, -0.2) is 8.78 Å². The van der Waals surface area contributed by atoms with Crippen molar-refractivity contribution in [3.8, 4) is 22.3 Å². The molecule has 0 fully saturated rings. The van der Waals surface area contributed by atoms with Gasteiger partial charge in [0, 0.05) is 60.5 Å². The average Bonchev–Trinajstić information content (AvgIpc) is 4.07. The number of hydrogen-bond acceptors (Lipinski definition) is 4. The summed E-state index contributed by atoms with van der Waals surface area (Å²) in [5.74, 6) is -0.663. The molecule has 338 valence electrons. The molecule has 4 nitrogen and oxygen atoms in total. The minimum Gasteiger partial charge on any atom is -0.453 e. The topological polar surface area (TPSA) is 32.8 Å². The summed E-state index contributed by atoms with van der Waals surface area (Å²) >= 11 is 0. The highest BCUT2D eigenvalue weighted by molar-refractivity contribution is 6.17. The second-order valence-electron chi connectivity index (χ2n) is 19.0. The maximum atomic E-state index is 15.5. The van der Waals surface area contributed by atoms with Crippen LogP contribution >= 0.6 is 0 Å². The Kier molecular flexibility index (Phi) is 8.96. The van der Waals surface area contributed by atoms with E-state index in [4.69, 9.17) is 8.83 Å². The van der Waals surface area contributed by atoms with Gasteiger partial charge in [-0.05, 0) is 111 Å². The molecule has 0 spiro atoms. The van der Waals surface area contributed by atoms with E-state index in [0.29, 0.717) is 5.58 Å². The highest BCUT2D eigenvalue weighted by Gasteiger charge is 2.41. The second kappa shape index (κ2) is 15.5. The average molecular weight is 921 g/mol. The predicted octanol–water partition coefficient (Wildman–Crippen LogP) is 19.0. The number of anilines is 6. The molecule has 1 aliphatic rings. The van der Waals surface area contributed by atoms with Gasteiger partial charge in [-0.3, -0.25) is 0 Å². The number of hydrogen-bond donors (Lipinski definition) is 0. The molecule has 11 aromatic carbocycles. The fourth-order valence-electron chi connectivity index (χ4n) is 11.6. The molecule has 0 atom stereocenters. The first kappa shape index (κ1) is 41.0. The van der Waals surface area contributed by atoms with E-state index in [1.54, 1.807) is 18.2 Å². The molecule has 71 heavy (non-hydrogen) atoms. The number of nitrogens with zero attached hydrogens (tertiary/aromatic N) is 2. The van der Waals surface area contributed by atoms with E-state index >= 15 is 4.39 Å². The van der Waals surface area contributed by atoms with E-state index in [0.717, 1.165) is 99.7 Å². The summed E-state index contributed by atoms with van der Waals surface area (Å²) in [7, 11) is 0. The van der Waals surface area contributed by atoms with Crippen LogP contribution in [0.3, 0.4) is 0 Å². The van der Waals surface area contributed by atoms with Crippen molar-refractivity contribution in [2.45, 2.75) is 19.3 Å². The van der Waals surface area contributed by atoms with Crippen LogP contribution in [0.1, 0.15) is 25.0 Å². The Morgan fingerprint density at radius 1 is 0.394 bits per heavy atom. The van der Waals surface area contributed by atoms with Crippen LogP contribution < -0.4 is 9.80 Å². The molecule has 2 heterocycles. The Morgan fingerprint density at radius 3 is 1.68 bits per heavy atom. The number of halogens is 2. The molecule has 0 radical (unpaired) electrons. The zero-order valence-electron chi connectivity index (χ0n) is 38.8. The third-order valence-electron chi connectivity index (χ3n) is 14.7. The number of para-hydroxylation sites is 6. The highest BCUT2D eigenvalue weighted by atomic mass is 19.1. The molecule has 0 unspecified atom stereocenters. The quantitative estimate of drug-likeness (QED) is 0.159. The molecular formula is C65H42F2N2O2. The molecule has 0 aliphatic heterocycles. The lowest BCUT2D eigenvalue weighted by molar-refractivity contribution is 0.584. The number of rotatable bonds is 7. The van der Waals surface area contributed by atoms with Gasteiger partial charge in [0.15, 0.2) is 22.6 Å². The van der Waals surface area contributed by atoms with Crippen LogP contribution in [0.15, 0.2) is 227 Å². The van der Waals surface area contributed by atoms with Gasteiger partial charge < -0.3 is 18.6 Å². The lowest BCUT2D eigenvalue weighted by Crippen LogP contribution is -2.17. The van der Waals surface area contributed by atoms with Crippen LogP contribution in [0, 0.1) is 11.6 Å². The van der Waals surface area contributed by atoms with Crippen LogP contribution in [0.5, 0.6) is 0 Å². The second-order valence-corrected chi connectivity index (χ2v) is 19.0. The van der Waals surface area contributed by atoms with Gasteiger partial charge in [0.05, 0.1) is 17.1 Å². The minimum absolute atomic E-state index is 0.250. The van der Waals surface area contributed by atoms with E-state index in [2.05, 4.69) is 163 Å². The SMILES string of the molecule is CC1(C)c2cc3ccccc3c(N(c3ccccc3)c3cccc4c3oc3c(F)cccc34)c2-c2ccc3cc(N(c4ccccc4)c4cccc5c4oc4c(-c6ccc(F)cc6)cccc45)ccc3c21. The van der Waals surface area contributed by atoms with Gasteiger partial charge in [0.2, 0.25) is 0 Å². The molecule has 0 N–H and O–H groups in total. The molecular weight excluding hydrogens is 879 g/mol. The van der Waals surface area contributed by atoms with E-state index in [9.17, 15) is 4.39 Å². The van der Waals surface area contributed by atoms with Crippen molar-refractivity contribution in [3.05, 3.63) is 241 Å². The lowest BCUT2D eigenvalue weighted by Gasteiger charge is -2.30. The van der Waals surface area contributed by atoms with Crippen LogP contribution in [0.25, 0.3) is 87.7 Å². The zero-order chi connectivity index (χ0) is 47.5. The Morgan fingerprint density at radius 2 is 0.958 bits per heavy atom. The predicted molar refractivity (Wildman–Crippen MR) is 288 cm³/mol. The van der Waals surface area contributed by atoms with Gasteiger partial charge in [0.1, 0.15) is 11.4 Å². The maximum absolute atomic E-state index is 15.5. The highest BCUT2D eigenvalue weighted by Crippen LogP contribution is 2.59. The number of fused-ring (bicyclic) bond motifs is 12. The van der Waals surface area contributed by atoms with E-state index in [1.165, 1.54) is 40.3 Å². The third-order valence-corrected chi connectivity index (χ3v) is 14.7. The van der Waals surface area contributed by atoms with Gasteiger partial charge >= 0.3 is 0 Å². The number of furan rings is 2. The van der Waals surface area contributed by atoms with Crippen molar-refractivity contribution in [3.63, 3.8) is 0 Å². The van der Waals surface area contributed by atoms with Gasteiger partial charge in [0.25, 0.3) is 0 Å². The minimum atomic E-state index is -0.414. The maximum Gasteiger partial charge on any atom is 0.171 e. The Hall–Kier alpha value is -9.00. The molecule has 0 saturated heterocycles. The Balaban J connectivity index is 0.979. The fourth-order valence-corrected chi connectivity index (χ4v) is 11.6. The summed E-state index contributed by atoms with van der Waals surface area (Å²) in [6, 6.07) is 73.6. The van der Waals surface area contributed by atoms with E-state index < -0.39 is 5.41 Å². The van der Waals surface area contributed by atoms with Crippen molar-refractivity contribution >= 4 is 99.5 Å². The smallest absolute Gasteiger partial charge is 0.171 e. The van der Waals surface area contributed by atoms with Gasteiger partial charge in [-0.2, -0.15) is 0 Å². The molecule has 13 aromatic rings. The van der Waals surface area contributed by atoms with Crippen LogP contribution in [0.4, 0.5) is 42.9 Å². The Labute approximate surface area is 407 Å². The van der Waals surface area contributed by atoms with Crippen molar-refractivity contribution in [2.75, 3.05) is 9.80 Å². The first-order valence-electron chi connectivity index (χ1n) is 24.0. The summed E-state index contributed by atoms with van der Waals surface area (Å²) < 4.78 is 43.0. The molecule has 0 amide bonds. The van der Waals surface area contributed by atoms with Crippen LogP contribution in [0.2, 0.25) is 0 Å². The monoisotopic (exact) mass is 920 g/mol. The summed E-state index contributed by atoms with van der Waals surface area (Å²) in [6.07, 6.45) is 0. The summed E-state index contributed by atoms with van der Waals surface area (Å²) in [6.45, 7) is 4.69. The van der Waals surface area contributed by atoms with Crippen molar-refractivity contribution < 1.29 is 17.6 Å². The van der Waals surface area contributed by atoms with Crippen molar-refractivity contribution in [1.29, 1.82) is 0 Å². The van der Waals surface area contributed by atoms with Crippen molar-refractivity contribution in [1.82, 2.24) is 0 Å². The van der Waals surface area contributed by atoms with E-state index in [1.807, 2.05) is 42.5 Å². The van der Waals surface area contributed by atoms with Gasteiger partial charge in [-0.1, -0.05) is 159 Å². The normalized spacial score (nSPS) is 12.9. The first-order valence-corrected chi connectivity index (χ1v) is 24.0. The summed E-state index contributed by atoms with van der Waals surface area (Å²) in [4.78, 5) is 4.60.